The molecule has 0 atom stereocenters. The Bertz CT molecular complexity index is 668. The molecule has 0 heterocycles. The molecule has 0 aromatic heterocycles. The largest absolute Gasteiger partial charge is 0.506 e. The summed E-state index contributed by atoms with van der Waals surface area (Å²) in [7, 11) is 0. The van der Waals surface area contributed by atoms with Gasteiger partial charge in [-0.3, -0.25) is 0 Å². The highest BCUT2D eigenvalue weighted by atomic mass is 79.9. The van der Waals surface area contributed by atoms with Crippen LogP contribution in [0.5, 0.6) is 5.75 Å². The van der Waals surface area contributed by atoms with Crippen LogP contribution >= 0.6 is 15.9 Å². The highest BCUT2D eigenvalue weighted by Gasteiger charge is 2.31. The summed E-state index contributed by atoms with van der Waals surface area (Å²) in [5.74, 6) is -0.121. The molecular formula is C14H11BrF3NO. The Morgan fingerprint density at radius 1 is 1.10 bits per heavy atom. The van der Waals surface area contributed by atoms with E-state index < -0.39 is 11.7 Å². The lowest BCUT2D eigenvalue weighted by Crippen LogP contribution is -2.05. The van der Waals surface area contributed by atoms with Crippen LogP contribution in [0.25, 0.3) is 11.1 Å². The van der Waals surface area contributed by atoms with Crippen molar-refractivity contribution in [2.75, 3.05) is 5.73 Å². The van der Waals surface area contributed by atoms with Crippen LogP contribution in [0.1, 0.15) is 11.1 Å². The molecule has 0 spiro atoms. The molecule has 2 aromatic rings. The summed E-state index contributed by atoms with van der Waals surface area (Å²) < 4.78 is 39.0. The Balaban J connectivity index is 2.64. The molecule has 0 aliphatic carbocycles. The van der Waals surface area contributed by atoms with Crippen LogP contribution in [-0.2, 0) is 6.18 Å². The van der Waals surface area contributed by atoms with Crippen molar-refractivity contribution in [1.29, 1.82) is 0 Å². The molecule has 0 aliphatic heterocycles. The second kappa shape index (κ2) is 5.01. The molecule has 2 rings (SSSR count). The van der Waals surface area contributed by atoms with Gasteiger partial charge in [0.2, 0.25) is 0 Å². The second-order valence-electron chi connectivity index (χ2n) is 4.48. The standard InChI is InChI=1S/C14H11BrF3NO/c1-7-2-8(4-9(3-7)14(16,17)18)10-5-12(19)13(20)6-11(10)15/h2-6,20H,19H2,1H3. The molecule has 2 nitrogen and oxygen atoms in total. The van der Waals surface area contributed by atoms with Gasteiger partial charge in [0, 0.05) is 4.47 Å². The van der Waals surface area contributed by atoms with E-state index >= 15 is 0 Å². The van der Waals surface area contributed by atoms with E-state index in [0.717, 1.165) is 12.1 Å². The number of anilines is 1. The molecule has 0 bridgehead atoms. The van der Waals surface area contributed by atoms with Crippen molar-refractivity contribution in [3.05, 3.63) is 45.9 Å². The second-order valence-corrected chi connectivity index (χ2v) is 5.33. The van der Waals surface area contributed by atoms with Crippen LogP contribution in [0.15, 0.2) is 34.8 Å². The van der Waals surface area contributed by atoms with E-state index in [1.807, 2.05) is 0 Å². The van der Waals surface area contributed by atoms with Crippen LogP contribution < -0.4 is 5.73 Å². The quantitative estimate of drug-likeness (QED) is 0.579. The minimum Gasteiger partial charge on any atom is -0.506 e. The fourth-order valence-electron chi connectivity index (χ4n) is 1.90. The fourth-order valence-corrected chi connectivity index (χ4v) is 2.46. The number of phenolic OH excluding ortho intramolecular Hbond substituents is 1. The first-order valence-electron chi connectivity index (χ1n) is 5.65. The van der Waals surface area contributed by atoms with Crippen molar-refractivity contribution < 1.29 is 18.3 Å². The van der Waals surface area contributed by atoms with E-state index in [1.54, 1.807) is 13.0 Å². The first-order chi connectivity index (χ1) is 9.18. The normalized spacial score (nSPS) is 11.7. The van der Waals surface area contributed by atoms with Gasteiger partial charge >= 0.3 is 6.18 Å². The lowest BCUT2D eigenvalue weighted by Gasteiger charge is -2.13. The molecule has 0 saturated carbocycles. The van der Waals surface area contributed by atoms with Crippen molar-refractivity contribution in [3.8, 4) is 16.9 Å². The Morgan fingerprint density at radius 3 is 2.35 bits per heavy atom. The van der Waals surface area contributed by atoms with Gasteiger partial charge in [-0.2, -0.15) is 13.2 Å². The van der Waals surface area contributed by atoms with E-state index in [4.69, 9.17) is 5.73 Å². The number of phenols is 1. The summed E-state index contributed by atoms with van der Waals surface area (Å²) >= 11 is 3.22. The van der Waals surface area contributed by atoms with E-state index in [-0.39, 0.29) is 11.4 Å². The predicted octanol–water partition coefficient (Wildman–Crippen LogP) is 4.73. The zero-order valence-corrected chi connectivity index (χ0v) is 12.0. The maximum Gasteiger partial charge on any atom is 0.416 e. The predicted molar refractivity (Wildman–Crippen MR) is 75.4 cm³/mol. The highest BCUT2D eigenvalue weighted by molar-refractivity contribution is 9.10. The number of aromatic hydroxyl groups is 1. The van der Waals surface area contributed by atoms with Gasteiger partial charge in [-0.05, 0) is 47.9 Å². The van der Waals surface area contributed by atoms with Gasteiger partial charge in [0.25, 0.3) is 0 Å². The molecular weight excluding hydrogens is 335 g/mol. The number of hydrogen-bond acceptors (Lipinski definition) is 2. The highest BCUT2D eigenvalue weighted by Crippen LogP contribution is 2.38. The minimum atomic E-state index is -4.41. The number of rotatable bonds is 1. The Morgan fingerprint density at radius 2 is 1.75 bits per heavy atom. The molecule has 6 heteroatoms. The summed E-state index contributed by atoms with van der Waals surface area (Å²) in [5, 5.41) is 9.47. The Hall–Kier alpha value is -1.69. The number of benzene rings is 2. The lowest BCUT2D eigenvalue weighted by molar-refractivity contribution is -0.137. The summed E-state index contributed by atoms with van der Waals surface area (Å²) in [6.45, 7) is 1.59. The summed E-state index contributed by atoms with van der Waals surface area (Å²) in [6, 6.07) is 6.57. The third kappa shape index (κ3) is 2.90. The van der Waals surface area contributed by atoms with Crippen LogP contribution in [0.2, 0.25) is 0 Å². The SMILES string of the molecule is Cc1cc(-c2cc(N)c(O)cc2Br)cc(C(F)(F)F)c1. The average Bonchev–Trinajstić information content (AvgIpc) is 2.32. The van der Waals surface area contributed by atoms with Gasteiger partial charge in [0.15, 0.2) is 0 Å². The maximum atomic E-state index is 12.8. The van der Waals surface area contributed by atoms with Crippen molar-refractivity contribution in [2.24, 2.45) is 0 Å². The molecule has 0 fully saturated rings. The molecule has 106 valence electrons. The molecule has 0 radical (unpaired) electrons. The summed E-state index contributed by atoms with van der Waals surface area (Å²) in [6.07, 6.45) is -4.41. The Kier molecular flexibility index (Phi) is 3.69. The maximum absolute atomic E-state index is 12.8. The molecule has 0 unspecified atom stereocenters. The topological polar surface area (TPSA) is 46.2 Å². The summed E-state index contributed by atoms with van der Waals surface area (Å²) in [5.41, 5.74) is 6.36. The number of hydrogen-bond donors (Lipinski definition) is 2. The van der Waals surface area contributed by atoms with Crippen molar-refractivity contribution in [2.45, 2.75) is 13.1 Å². The van der Waals surface area contributed by atoms with Crippen LogP contribution in [0.3, 0.4) is 0 Å². The van der Waals surface area contributed by atoms with Gasteiger partial charge < -0.3 is 10.8 Å². The van der Waals surface area contributed by atoms with E-state index in [0.29, 0.717) is 21.2 Å². The van der Waals surface area contributed by atoms with Crippen LogP contribution in [0.4, 0.5) is 18.9 Å². The molecule has 3 N–H and O–H groups in total. The average molecular weight is 346 g/mol. The smallest absolute Gasteiger partial charge is 0.416 e. The first-order valence-corrected chi connectivity index (χ1v) is 6.45. The zero-order valence-electron chi connectivity index (χ0n) is 10.4. The minimum absolute atomic E-state index is 0.110. The van der Waals surface area contributed by atoms with Crippen molar-refractivity contribution >= 4 is 21.6 Å². The van der Waals surface area contributed by atoms with Crippen LogP contribution in [0, 0.1) is 6.92 Å². The van der Waals surface area contributed by atoms with Gasteiger partial charge in [-0.1, -0.05) is 22.0 Å². The Labute approximate surface area is 122 Å². The van der Waals surface area contributed by atoms with E-state index in [9.17, 15) is 18.3 Å². The summed E-state index contributed by atoms with van der Waals surface area (Å²) in [4.78, 5) is 0. The zero-order chi connectivity index (χ0) is 15.1. The first kappa shape index (κ1) is 14.7. The fraction of sp³-hybridized carbons (Fsp3) is 0.143. The van der Waals surface area contributed by atoms with E-state index in [1.165, 1.54) is 12.1 Å². The number of nitrogen functional groups attached to an aromatic ring is 1. The lowest BCUT2D eigenvalue weighted by atomic mass is 9.99. The van der Waals surface area contributed by atoms with Gasteiger partial charge in [0.05, 0.1) is 11.3 Å². The molecule has 0 amide bonds. The molecule has 20 heavy (non-hydrogen) atoms. The number of alkyl halides is 3. The number of halogens is 4. The number of aryl methyl sites for hydroxylation is 1. The molecule has 2 aromatic carbocycles. The molecule has 0 saturated heterocycles. The third-order valence-corrected chi connectivity index (χ3v) is 3.49. The number of nitrogens with two attached hydrogens (primary N) is 1. The van der Waals surface area contributed by atoms with Gasteiger partial charge in [-0.25, -0.2) is 0 Å². The third-order valence-electron chi connectivity index (χ3n) is 2.83. The van der Waals surface area contributed by atoms with Crippen molar-refractivity contribution in [1.82, 2.24) is 0 Å². The molecule has 0 aliphatic rings. The van der Waals surface area contributed by atoms with Gasteiger partial charge in [-0.15, -0.1) is 0 Å². The van der Waals surface area contributed by atoms with Crippen molar-refractivity contribution in [3.63, 3.8) is 0 Å². The van der Waals surface area contributed by atoms with E-state index in [2.05, 4.69) is 15.9 Å². The van der Waals surface area contributed by atoms with Crippen LogP contribution in [-0.4, -0.2) is 5.11 Å². The van der Waals surface area contributed by atoms with Gasteiger partial charge in [0.1, 0.15) is 5.75 Å². The monoisotopic (exact) mass is 345 g/mol.